The Morgan fingerprint density at radius 2 is 1.02 bits per heavy atom. The maximum Gasteiger partial charge on any atom is 0.0725 e. The smallest absolute Gasteiger partial charge is 0.0725 e. The first-order valence-electron chi connectivity index (χ1n) is 16.1. The third-order valence-corrected chi connectivity index (χ3v) is 7.87. The van der Waals surface area contributed by atoms with Gasteiger partial charge in [0.2, 0.25) is 0 Å². The van der Waals surface area contributed by atoms with Gasteiger partial charge in [0.1, 0.15) is 0 Å². The highest BCUT2D eigenvalue weighted by atomic mass is 16.5. The summed E-state index contributed by atoms with van der Waals surface area (Å²) < 4.78 is 24.8. The molecule has 1 aromatic heterocycles. The minimum absolute atomic E-state index is 0.488. The van der Waals surface area contributed by atoms with Crippen molar-refractivity contribution < 1.29 is 18.9 Å². The van der Waals surface area contributed by atoms with Crippen molar-refractivity contribution in [3.05, 3.63) is 142 Å². The maximum atomic E-state index is 6.27. The lowest BCUT2D eigenvalue weighted by atomic mass is 9.99. The van der Waals surface area contributed by atoms with Gasteiger partial charge in [0, 0.05) is 24.2 Å². The van der Waals surface area contributed by atoms with Crippen LogP contribution < -0.4 is 5.73 Å². The summed E-state index contributed by atoms with van der Waals surface area (Å²) in [6.07, 6.45) is 3.93. The van der Waals surface area contributed by atoms with Gasteiger partial charge in [-0.05, 0) is 76.7 Å². The summed E-state index contributed by atoms with van der Waals surface area (Å²) in [7, 11) is 0. The van der Waals surface area contributed by atoms with E-state index in [9.17, 15) is 0 Å². The van der Waals surface area contributed by atoms with Gasteiger partial charge < -0.3 is 29.7 Å². The number of ether oxygens (including phenoxy) is 4. The van der Waals surface area contributed by atoms with E-state index in [1.807, 2.05) is 36.4 Å². The fourth-order valence-electron chi connectivity index (χ4n) is 5.37. The standard InChI is InChI=1S/C39H46N2O4/c40-19-10-3-11-20-42-27-34-22-35(28-43-21-18-38-24-33-16-8-9-17-39(33)41-38)37(30-45-26-32-14-6-2-7-15-32)23-36(34)29-44-25-31-12-4-1-5-13-31/h1-2,4-9,12-17,22-24,41H,3,10-11,18-21,25-30,40H2. The fraction of sp³-hybridized carbons (Fsp3) is 0.333. The number of rotatable bonds is 20. The van der Waals surface area contributed by atoms with Crippen molar-refractivity contribution in [3.63, 3.8) is 0 Å². The van der Waals surface area contributed by atoms with Gasteiger partial charge in [0.25, 0.3) is 0 Å². The van der Waals surface area contributed by atoms with Crippen LogP contribution in [0.5, 0.6) is 0 Å². The van der Waals surface area contributed by atoms with E-state index in [0.717, 1.165) is 71.1 Å². The molecule has 0 fully saturated rings. The molecule has 0 saturated carbocycles. The normalized spacial score (nSPS) is 11.4. The zero-order chi connectivity index (χ0) is 30.9. The van der Waals surface area contributed by atoms with Gasteiger partial charge in [-0.25, -0.2) is 0 Å². The summed E-state index contributed by atoms with van der Waals surface area (Å²) in [4.78, 5) is 3.50. The number of fused-ring (bicyclic) bond motifs is 1. The van der Waals surface area contributed by atoms with Crippen LogP contribution in [0.4, 0.5) is 0 Å². The number of unbranched alkanes of at least 4 members (excludes halogenated alkanes) is 2. The van der Waals surface area contributed by atoms with Crippen molar-refractivity contribution in [2.24, 2.45) is 5.73 Å². The second-order valence-electron chi connectivity index (χ2n) is 11.4. The van der Waals surface area contributed by atoms with E-state index in [-0.39, 0.29) is 0 Å². The Balaban J connectivity index is 1.28. The third-order valence-electron chi connectivity index (χ3n) is 7.87. The number of hydrogen-bond donors (Lipinski definition) is 2. The minimum atomic E-state index is 0.488. The van der Waals surface area contributed by atoms with Gasteiger partial charge in [-0.15, -0.1) is 0 Å². The Kier molecular flexibility index (Phi) is 13.2. The molecule has 0 bridgehead atoms. The van der Waals surface area contributed by atoms with Gasteiger partial charge in [-0.2, -0.15) is 0 Å². The molecule has 0 aliphatic rings. The van der Waals surface area contributed by atoms with E-state index in [0.29, 0.717) is 52.9 Å². The summed E-state index contributed by atoms with van der Waals surface area (Å²) in [5, 5.41) is 1.23. The Labute approximate surface area is 267 Å². The number of para-hydroxylation sites is 1. The number of H-pyrrole nitrogens is 1. The molecule has 6 heteroatoms. The molecular formula is C39H46N2O4. The molecule has 45 heavy (non-hydrogen) atoms. The molecule has 4 aromatic carbocycles. The van der Waals surface area contributed by atoms with Crippen LogP contribution in [0.15, 0.2) is 103 Å². The Morgan fingerprint density at radius 3 is 1.60 bits per heavy atom. The summed E-state index contributed by atoms with van der Waals surface area (Å²) in [5.41, 5.74) is 14.8. The topological polar surface area (TPSA) is 78.7 Å². The number of nitrogens with two attached hydrogens (primary N) is 1. The average molecular weight is 607 g/mol. The third kappa shape index (κ3) is 10.7. The number of nitrogens with one attached hydrogen (secondary N) is 1. The van der Waals surface area contributed by atoms with Crippen LogP contribution in [0.1, 0.15) is 58.3 Å². The van der Waals surface area contributed by atoms with Crippen molar-refractivity contribution in [3.8, 4) is 0 Å². The molecule has 6 nitrogen and oxygen atoms in total. The van der Waals surface area contributed by atoms with E-state index in [2.05, 4.69) is 71.7 Å². The van der Waals surface area contributed by atoms with Gasteiger partial charge in [0.15, 0.2) is 0 Å². The average Bonchev–Trinajstić information content (AvgIpc) is 3.50. The lowest BCUT2D eigenvalue weighted by Crippen LogP contribution is -2.09. The van der Waals surface area contributed by atoms with Gasteiger partial charge >= 0.3 is 0 Å². The summed E-state index contributed by atoms with van der Waals surface area (Å²) in [6.45, 7) is 5.16. The van der Waals surface area contributed by atoms with E-state index < -0.39 is 0 Å². The molecule has 5 rings (SSSR count). The Morgan fingerprint density at radius 1 is 0.489 bits per heavy atom. The first-order chi connectivity index (χ1) is 22.3. The van der Waals surface area contributed by atoms with Crippen LogP contribution in [-0.2, 0) is 65.0 Å². The molecule has 5 aromatic rings. The molecule has 236 valence electrons. The lowest BCUT2D eigenvalue weighted by Gasteiger charge is -2.18. The SMILES string of the molecule is NCCCCCOCc1cc(COCCc2cc3ccccc3[nH]2)c(COCc2ccccc2)cc1COCc1ccccc1. The molecule has 1 heterocycles. The van der Waals surface area contributed by atoms with Gasteiger partial charge in [0.05, 0.1) is 46.2 Å². The van der Waals surface area contributed by atoms with Crippen molar-refractivity contribution >= 4 is 10.9 Å². The van der Waals surface area contributed by atoms with Gasteiger partial charge in [-0.1, -0.05) is 91.0 Å². The highest BCUT2D eigenvalue weighted by Crippen LogP contribution is 2.23. The number of aromatic nitrogens is 1. The molecule has 0 aliphatic carbocycles. The van der Waals surface area contributed by atoms with Crippen LogP contribution in [0.2, 0.25) is 0 Å². The summed E-state index contributed by atoms with van der Waals surface area (Å²) in [5.74, 6) is 0. The van der Waals surface area contributed by atoms with E-state index in [1.54, 1.807) is 0 Å². The van der Waals surface area contributed by atoms with Crippen LogP contribution >= 0.6 is 0 Å². The van der Waals surface area contributed by atoms with E-state index in [4.69, 9.17) is 24.7 Å². The van der Waals surface area contributed by atoms with Crippen molar-refractivity contribution in [1.82, 2.24) is 4.98 Å². The fourth-order valence-corrected chi connectivity index (χ4v) is 5.37. The van der Waals surface area contributed by atoms with E-state index >= 15 is 0 Å². The van der Waals surface area contributed by atoms with Crippen molar-refractivity contribution in [1.29, 1.82) is 0 Å². The molecule has 0 radical (unpaired) electrons. The second kappa shape index (κ2) is 18.3. The predicted molar refractivity (Wildman–Crippen MR) is 181 cm³/mol. The molecule has 3 N–H and O–H groups in total. The van der Waals surface area contributed by atoms with Crippen LogP contribution in [0.25, 0.3) is 10.9 Å². The molecule has 0 unspecified atom stereocenters. The monoisotopic (exact) mass is 606 g/mol. The highest BCUT2D eigenvalue weighted by Gasteiger charge is 2.13. The Bertz CT molecular complexity index is 1520. The van der Waals surface area contributed by atoms with E-state index in [1.165, 1.54) is 11.1 Å². The van der Waals surface area contributed by atoms with Crippen molar-refractivity contribution in [2.75, 3.05) is 19.8 Å². The minimum Gasteiger partial charge on any atom is -0.377 e. The number of aromatic amines is 1. The molecule has 0 spiro atoms. The maximum absolute atomic E-state index is 6.27. The molecule has 0 atom stereocenters. The second-order valence-corrected chi connectivity index (χ2v) is 11.4. The van der Waals surface area contributed by atoms with Gasteiger partial charge in [-0.3, -0.25) is 0 Å². The molecule has 0 saturated heterocycles. The molecular weight excluding hydrogens is 560 g/mol. The predicted octanol–water partition coefficient (Wildman–Crippen LogP) is 8.01. The lowest BCUT2D eigenvalue weighted by molar-refractivity contribution is 0.0926. The van der Waals surface area contributed by atoms with Crippen molar-refractivity contribution in [2.45, 2.75) is 65.3 Å². The molecule has 0 amide bonds. The zero-order valence-electron chi connectivity index (χ0n) is 26.2. The van der Waals surface area contributed by atoms with Crippen LogP contribution in [0.3, 0.4) is 0 Å². The largest absolute Gasteiger partial charge is 0.377 e. The highest BCUT2D eigenvalue weighted by molar-refractivity contribution is 5.80. The first kappa shape index (κ1) is 32.6. The Hall–Kier alpha value is -3.78. The zero-order valence-corrected chi connectivity index (χ0v) is 26.2. The number of benzene rings is 4. The van der Waals surface area contributed by atoms with Crippen LogP contribution in [0, 0.1) is 0 Å². The van der Waals surface area contributed by atoms with Crippen LogP contribution in [-0.4, -0.2) is 24.7 Å². The molecule has 0 aliphatic heterocycles. The number of hydrogen-bond acceptors (Lipinski definition) is 5. The summed E-state index contributed by atoms with van der Waals surface area (Å²) >= 11 is 0. The first-order valence-corrected chi connectivity index (χ1v) is 16.1. The quantitative estimate of drug-likeness (QED) is 0.0878. The summed E-state index contributed by atoms with van der Waals surface area (Å²) in [6, 6.07) is 35.6.